The average Bonchev–Trinajstić information content (AvgIpc) is 3.13. The smallest absolute Gasteiger partial charge is 0.276 e. The summed E-state index contributed by atoms with van der Waals surface area (Å²) in [7, 11) is 0. The van der Waals surface area contributed by atoms with Crippen molar-refractivity contribution in [3.8, 4) is 0 Å². The van der Waals surface area contributed by atoms with Crippen molar-refractivity contribution in [2.75, 3.05) is 16.8 Å². The molecular formula is C21H16FN3O2. The second-order valence-corrected chi connectivity index (χ2v) is 6.20. The third-order valence-corrected chi connectivity index (χ3v) is 4.44. The first kappa shape index (κ1) is 16.9. The highest BCUT2D eigenvalue weighted by molar-refractivity contribution is 6.08. The van der Waals surface area contributed by atoms with Crippen LogP contribution in [0.5, 0.6) is 0 Å². The summed E-state index contributed by atoms with van der Waals surface area (Å²) >= 11 is 0. The number of rotatable bonds is 3. The summed E-state index contributed by atoms with van der Waals surface area (Å²) in [5.74, 6) is -1.08. The molecule has 4 rings (SSSR count). The molecule has 3 aromatic rings. The number of benzene rings is 2. The Hall–Kier alpha value is -3.54. The van der Waals surface area contributed by atoms with E-state index in [4.69, 9.17) is 0 Å². The van der Waals surface area contributed by atoms with Crippen LogP contribution in [-0.2, 0) is 6.42 Å². The van der Waals surface area contributed by atoms with E-state index in [1.54, 1.807) is 17.0 Å². The van der Waals surface area contributed by atoms with Crippen molar-refractivity contribution in [3.63, 3.8) is 0 Å². The molecule has 0 fully saturated rings. The fourth-order valence-electron chi connectivity index (χ4n) is 3.10. The predicted octanol–water partition coefficient (Wildman–Crippen LogP) is 3.68. The van der Waals surface area contributed by atoms with Gasteiger partial charge in [0.1, 0.15) is 17.2 Å². The lowest BCUT2D eigenvalue weighted by Crippen LogP contribution is -2.30. The van der Waals surface area contributed by atoms with Gasteiger partial charge in [0.15, 0.2) is 0 Å². The number of fused-ring (bicyclic) bond motifs is 1. The summed E-state index contributed by atoms with van der Waals surface area (Å²) in [6.45, 7) is 0.589. The number of amides is 2. The van der Waals surface area contributed by atoms with Crippen molar-refractivity contribution in [1.29, 1.82) is 0 Å². The van der Waals surface area contributed by atoms with Crippen molar-refractivity contribution < 1.29 is 14.0 Å². The van der Waals surface area contributed by atoms with Gasteiger partial charge in [0.05, 0.1) is 0 Å². The molecule has 134 valence electrons. The van der Waals surface area contributed by atoms with Crippen molar-refractivity contribution in [3.05, 3.63) is 89.5 Å². The summed E-state index contributed by atoms with van der Waals surface area (Å²) in [4.78, 5) is 31.2. The number of halogens is 1. The topological polar surface area (TPSA) is 62.3 Å². The highest BCUT2D eigenvalue weighted by atomic mass is 19.1. The summed E-state index contributed by atoms with van der Waals surface area (Å²) < 4.78 is 13.0. The molecule has 1 N–H and O–H groups in total. The molecule has 27 heavy (non-hydrogen) atoms. The van der Waals surface area contributed by atoms with Crippen LogP contribution < -0.4 is 10.2 Å². The number of hydrogen-bond donors (Lipinski definition) is 1. The first-order chi connectivity index (χ1) is 13.1. The van der Waals surface area contributed by atoms with Gasteiger partial charge >= 0.3 is 0 Å². The molecule has 1 aliphatic heterocycles. The summed E-state index contributed by atoms with van der Waals surface area (Å²) in [6, 6.07) is 17.9. The third kappa shape index (κ3) is 3.42. The van der Waals surface area contributed by atoms with E-state index in [9.17, 15) is 14.0 Å². The number of carbonyl (C=O) groups is 2. The average molecular weight is 361 g/mol. The van der Waals surface area contributed by atoms with E-state index < -0.39 is 5.91 Å². The minimum atomic E-state index is -0.460. The largest absolute Gasteiger partial charge is 0.321 e. The fraction of sp³-hybridized carbons (Fsp3) is 0.0952. The lowest BCUT2D eigenvalue weighted by atomic mass is 10.2. The van der Waals surface area contributed by atoms with Crippen LogP contribution in [0.3, 0.4) is 0 Å². The Morgan fingerprint density at radius 1 is 0.926 bits per heavy atom. The summed E-state index contributed by atoms with van der Waals surface area (Å²) in [5, 5.41) is 2.64. The number of carbonyl (C=O) groups excluding carboxylic acids is 2. The van der Waals surface area contributed by atoms with Gasteiger partial charge in [-0.15, -0.1) is 0 Å². The highest BCUT2D eigenvalue weighted by Gasteiger charge is 2.26. The number of pyridine rings is 1. The number of nitrogens with zero attached hydrogens (tertiary/aromatic N) is 2. The standard InChI is InChI=1S/C21H16FN3O2/c22-15-8-10-16(11-9-15)23-20(26)17-5-3-6-18(24-17)21(27)25-13-12-14-4-1-2-7-19(14)25/h1-11H,12-13H2,(H,23,26). The minimum Gasteiger partial charge on any atom is -0.321 e. The van der Waals surface area contributed by atoms with Crippen LogP contribution in [0.2, 0.25) is 0 Å². The Kier molecular flexibility index (Phi) is 4.38. The van der Waals surface area contributed by atoms with Gasteiger partial charge in [-0.05, 0) is 54.4 Å². The van der Waals surface area contributed by atoms with Gasteiger partial charge in [0.25, 0.3) is 11.8 Å². The second-order valence-electron chi connectivity index (χ2n) is 6.20. The Balaban J connectivity index is 1.55. The second kappa shape index (κ2) is 6.99. The summed E-state index contributed by atoms with van der Waals surface area (Å²) in [5.41, 5.74) is 2.78. The molecule has 2 amide bonds. The number of nitrogens with one attached hydrogen (secondary N) is 1. The zero-order valence-electron chi connectivity index (χ0n) is 14.4. The molecule has 1 aliphatic rings. The van der Waals surface area contributed by atoms with E-state index in [1.165, 1.54) is 30.3 Å². The van der Waals surface area contributed by atoms with Gasteiger partial charge in [0.2, 0.25) is 0 Å². The Morgan fingerprint density at radius 3 is 2.48 bits per heavy atom. The van der Waals surface area contributed by atoms with Crippen LogP contribution in [0.15, 0.2) is 66.7 Å². The van der Waals surface area contributed by atoms with Crippen LogP contribution in [0, 0.1) is 5.82 Å². The van der Waals surface area contributed by atoms with Crippen LogP contribution >= 0.6 is 0 Å². The molecule has 0 radical (unpaired) electrons. The first-order valence-corrected chi connectivity index (χ1v) is 8.55. The Morgan fingerprint density at radius 2 is 1.67 bits per heavy atom. The van der Waals surface area contributed by atoms with E-state index in [1.807, 2.05) is 24.3 Å². The van der Waals surface area contributed by atoms with Crippen molar-refractivity contribution in [2.24, 2.45) is 0 Å². The SMILES string of the molecule is O=C(Nc1ccc(F)cc1)c1cccc(C(=O)N2CCc3ccccc32)n1. The van der Waals surface area contributed by atoms with Crippen LogP contribution in [-0.4, -0.2) is 23.3 Å². The minimum absolute atomic E-state index is 0.123. The van der Waals surface area contributed by atoms with Crippen LogP contribution in [0.25, 0.3) is 0 Å². The van der Waals surface area contributed by atoms with E-state index in [2.05, 4.69) is 10.3 Å². The first-order valence-electron chi connectivity index (χ1n) is 8.55. The number of para-hydroxylation sites is 1. The van der Waals surface area contributed by atoms with Gasteiger partial charge in [-0.25, -0.2) is 9.37 Å². The number of hydrogen-bond acceptors (Lipinski definition) is 3. The Labute approximate surface area is 155 Å². The molecule has 0 spiro atoms. The van der Waals surface area contributed by atoms with Crippen molar-refractivity contribution >= 4 is 23.2 Å². The van der Waals surface area contributed by atoms with Gasteiger partial charge < -0.3 is 10.2 Å². The molecule has 0 aliphatic carbocycles. The van der Waals surface area contributed by atoms with Crippen LogP contribution in [0.4, 0.5) is 15.8 Å². The molecule has 2 aromatic carbocycles. The van der Waals surface area contributed by atoms with Crippen molar-refractivity contribution in [1.82, 2.24) is 4.98 Å². The maximum atomic E-state index is 13.0. The van der Waals surface area contributed by atoms with Gasteiger partial charge in [0, 0.05) is 17.9 Å². The quantitative estimate of drug-likeness (QED) is 0.774. The molecule has 0 unspecified atom stereocenters. The number of aromatic nitrogens is 1. The zero-order valence-corrected chi connectivity index (χ0v) is 14.4. The molecule has 0 bridgehead atoms. The molecule has 1 aromatic heterocycles. The maximum Gasteiger partial charge on any atom is 0.276 e. The molecular weight excluding hydrogens is 345 g/mol. The fourth-order valence-corrected chi connectivity index (χ4v) is 3.10. The number of anilines is 2. The summed E-state index contributed by atoms with van der Waals surface area (Å²) in [6.07, 6.45) is 0.798. The van der Waals surface area contributed by atoms with E-state index >= 15 is 0 Å². The van der Waals surface area contributed by atoms with Gasteiger partial charge in [-0.2, -0.15) is 0 Å². The molecule has 6 heteroatoms. The monoisotopic (exact) mass is 361 g/mol. The Bertz CT molecular complexity index is 1020. The van der Waals surface area contributed by atoms with E-state index in [0.717, 1.165) is 17.7 Å². The highest BCUT2D eigenvalue weighted by Crippen LogP contribution is 2.28. The lowest BCUT2D eigenvalue weighted by molar-refractivity contribution is 0.0984. The lowest BCUT2D eigenvalue weighted by Gasteiger charge is -2.17. The molecule has 5 nitrogen and oxygen atoms in total. The normalized spacial score (nSPS) is 12.6. The molecule has 0 saturated carbocycles. The molecule has 2 heterocycles. The molecule has 0 atom stereocenters. The van der Waals surface area contributed by atoms with E-state index in [0.29, 0.717) is 12.2 Å². The van der Waals surface area contributed by atoms with Gasteiger partial charge in [-0.3, -0.25) is 9.59 Å². The maximum absolute atomic E-state index is 13.0. The molecule has 0 saturated heterocycles. The van der Waals surface area contributed by atoms with E-state index in [-0.39, 0.29) is 23.1 Å². The predicted molar refractivity (Wildman–Crippen MR) is 100 cm³/mol. The van der Waals surface area contributed by atoms with Crippen molar-refractivity contribution in [2.45, 2.75) is 6.42 Å². The third-order valence-electron chi connectivity index (χ3n) is 4.44. The zero-order chi connectivity index (χ0) is 18.8. The van der Waals surface area contributed by atoms with Crippen LogP contribution in [0.1, 0.15) is 26.5 Å². The van der Waals surface area contributed by atoms with Gasteiger partial charge in [-0.1, -0.05) is 24.3 Å².